The summed E-state index contributed by atoms with van der Waals surface area (Å²) in [5.41, 5.74) is 2.58. The van der Waals surface area contributed by atoms with Gasteiger partial charge in [-0.1, -0.05) is 42.0 Å². The van der Waals surface area contributed by atoms with Gasteiger partial charge in [-0.15, -0.1) is 0 Å². The van der Waals surface area contributed by atoms with Crippen LogP contribution >= 0.6 is 0 Å². The molecule has 1 N–H and O–H groups in total. The van der Waals surface area contributed by atoms with Gasteiger partial charge in [-0.25, -0.2) is 4.98 Å². The summed E-state index contributed by atoms with van der Waals surface area (Å²) in [5.74, 6) is 0.353. The van der Waals surface area contributed by atoms with Crippen LogP contribution in [-0.4, -0.2) is 26.8 Å². The van der Waals surface area contributed by atoms with E-state index in [1.807, 2.05) is 51.1 Å². The number of nitrogens with one attached hydrogen (secondary N) is 1. The third-order valence-corrected chi connectivity index (χ3v) is 4.38. The molecular weight excluding hydrogens is 338 g/mol. The molecule has 0 bridgehead atoms. The molecule has 5 heteroatoms. The number of hydrogen-bond acceptors (Lipinski definition) is 3. The van der Waals surface area contributed by atoms with E-state index in [2.05, 4.69) is 9.97 Å². The number of aryl methyl sites for hydroxylation is 1. The van der Waals surface area contributed by atoms with E-state index in [9.17, 15) is 9.59 Å². The predicted octanol–water partition coefficient (Wildman–Crippen LogP) is 3.68. The maximum Gasteiger partial charge on any atom is 0.258 e. The third kappa shape index (κ3) is 4.50. The number of para-hydroxylation sites is 1. The van der Waals surface area contributed by atoms with Crippen LogP contribution in [0.25, 0.3) is 17.0 Å². The average Bonchev–Trinajstić information content (AvgIpc) is 2.65. The molecule has 0 saturated carbocycles. The average molecular weight is 361 g/mol. The molecule has 1 aromatic heterocycles. The number of aromatic amines is 1. The second kappa shape index (κ2) is 7.99. The van der Waals surface area contributed by atoms with Crippen molar-refractivity contribution < 1.29 is 4.79 Å². The lowest BCUT2D eigenvalue weighted by atomic mass is 10.1. The summed E-state index contributed by atoms with van der Waals surface area (Å²) in [6, 6.07) is 15.1. The molecule has 1 amide bonds. The van der Waals surface area contributed by atoms with Crippen LogP contribution < -0.4 is 5.56 Å². The highest BCUT2D eigenvalue weighted by Crippen LogP contribution is 2.11. The van der Waals surface area contributed by atoms with Crippen molar-refractivity contribution in [3.63, 3.8) is 0 Å². The van der Waals surface area contributed by atoms with E-state index in [-0.39, 0.29) is 24.1 Å². The van der Waals surface area contributed by atoms with Crippen molar-refractivity contribution in [2.45, 2.75) is 33.4 Å². The van der Waals surface area contributed by atoms with Crippen LogP contribution in [0, 0.1) is 6.92 Å². The van der Waals surface area contributed by atoms with Gasteiger partial charge in [0, 0.05) is 12.1 Å². The Morgan fingerprint density at radius 1 is 1.15 bits per heavy atom. The second-order valence-corrected chi connectivity index (χ2v) is 6.83. The molecule has 0 aliphatic rings. The van der Waals surface area contributed by atoms with Gasteiger partial charge in [0.05, 0.1) is 17.4 Å². The zero-order chi connectivity index (χ0) is 19.4. The van der Waals surface area contributed by atoms with Gasteiger partial charge in [-0.05, 0) is 44.5 Å². The van der Waals surface area contributed by atoms with E-state index >= 15 is 0 Å². The van der Waals surface area contributed by atoms with Crippen LogP contribution in [0.5, 0.6) is 0 Å². The number of nitrogens with zero attached hydrogens (tertiary/aromatic N) is 2. The van der Waals surface area contributed by atoms with E-state index < -0.39 is 0 Å². The van der Waals surface area contributed by atoms with Crippen LogP contribution in [0.2, 0.25) is 0 Å². The normalized spacial score (nSPS) is 11.4. The number of fused-ring (bicyclic) bond motifs is 1. The van der Waals surface area contributed by atoms with Crippen LogP contribution in [0.1, 0.15) is 30.8 Å². The van der Waals surface area contributed by atoms with Crippen molar-refractivity contribution in [3.8, 4) is 0 Å². The summed E-state index contributed by atoms with van der Waals surface area (Å²) in [5, 5.41) is 0.544. The molecule has 0 unspecified atom stereocenters. The summed E-state index contributed by atoms with van der Waals surface area (Å²) in [7, 11) is 0. The molecule has 138 valence electrons. The number of carbonyl (C=O) groups is 1. The zero-order valence-corrected chi connectivity index (χ0v) is 15.8. The molecule has 2 aromatic carbocycles. The van der Waals surface area contributed by atoms with Crippen molar-refractivity contribution in [3.05, 3.63) is 81.9 Å². The smallest absolute Gasteiger partial charge is 0.258 e. The molecule has 0 aliphatic heterocycles. The number of benzene rings is 2. The lowest BCUT2D eigenvalue weighted by molar-refractivity contribution is -0.128. The minimum atomic E-state index is -0.193. The van der Waals surface area contributed by atoms with Crippen molar-refractivity contribution in [2.24, 2.45) is 0 Å². The summed E-state index contributed by atoms with van der Waals surface area (Å²) in [6.45, 7) is 6.15. The maximum absolute atomic E-state index is 12.7. The third-order valence-electron chi connectivity index (χ3n) is 4.38. The molecule has 0 aliphatic carbocycles. The first-order chi connectivity index (χ1) is 12.9. The van der Waals surface area contributed by atoms with Crippen LogP contribution in [0.4, 0.5) is 0 Å². The van der Waals surface area contributed by atoms with Gasteiger partial charge < -0.3 is 9.88 Å². The number of amides is 1. The minimum absolute atomic E-state index is 0.0306. The first-order valence-electron chi connectivity index (χ1n) is 8.97. The van der Waals surface area contributed by atoms with Crippen LogP contribution in [0.15, 0.2) is 59.4 Å². The number of carbonyl (C=O) groups excluding carboxylic acids is 1. The van der Waals surface area contributed by atoms with Crippen LogP contribution in [0.3, 0.4) is 0 Å². The topological polar surface area (TPSA) is 66.1 Å². The number of hydrogen-bond donors (Lipinski definition) is 1. The quantitative estimate of drug-likeness (QED) is 0.705. The molecule has 3 aromatic rings. The Morgan fingerprint density at radius 2 is 1.85 bits per heavy atom. The standard InChI is InChI=1S/C22H23N3O2/c1-15(2)25(21(26)13-12-17-10-8-16(3)9-11-17)14-20-23-19-7-5-4-6-18(19)22(27)24-20/h4-13,15H,14H2,1-3H3,(H,23,24,27)/b13-12+. The van der Waals surface area contributed by atoms with Gasteiger partial charge >= 0.3 is 0 Å². The fraction of sp³-hybridized carbons (Fsp3) is 0.227. The van der Waals surface area contributed by atoms with Gasteiger partial charge in [0.15, 0.2) is 0 Å². The Hall–Kier alpha value is -3.21. The van der Waals surface area contributed by atoms with E-state index in [1.165, 1.54) is 5.56 Å². The number of aromatic nitrogens is 2. The number of H-pyrrole nitrogens is 1. The summed E-state index contributed by atoms with van der Waals surface area (Å²) < 4.78 is 0. The Labute approximate surface area is 158 Å². The van der Waals surface area contributed by atoms with Gasteiger partial charge in [0.25, 0.3) is 5.56 Å². The van der Waals surface area contributed by atoms with Crippen LogP contribution in [-0.2, 0) is 11.3 Å². The van der Waals surface area contributed by atoms with E-state index in [4.69, 9.17) is 0 Å². The lowest BCUT2D eigenvalue weighted by Crippen LogP contribution is -2.36. The van der Waals surface area contributed by atoms with E-state index in [1.54, 1.807) is 35.3 Å². The second-order valence-electron chi connectivity index (χ2n) is 6.83. The Kier molecular flexibility index (Phi) is 5.50. The largest absolute Gasteiger partial charge is 0.329 e. The lowest BCUT2D eigenvalue weighted by Gasteiger charge is -2.25. The molecule has 5 nitrogen and oxygen atoms in total. The zero-order valence-electron chi connectivity index (χ0n) is 15.8. The van der Waals surface area contributed by atoms with Gasteiger partial charge in [0.1, 0.15) is 5.82 Å². The SMILES string of the molecule is Cc1ccc(/C=C/C(=O)N(Cc2nc3ccccc3c(=O)[nH]2)C(C)C)cc1. The van der Waals surface area contributed by atoms with Gasteiger partial charge in [-0.3, -0.25) is 9.59 Å². The Balaban J connectivity index is 1.82. The summed E-state index contributed by atoms with van der Waals surface area (Å²) in [6.07, 6.45) is 3.36. The molecule has 0 radical (unpaired) electrons. The molecule has 3 rings (SSSR count). The highest BCUT2D eigenvalue weighted by atomic mass is 16.2. The van der Waals surface area contributed by atoms with E-state index in [0.29, 0.717) is 16.7 Å². The molecule has 0 spiro atoms. The van der Waals surface area contributed by atoms with E-state index in [0.717, 1.165) is 5.56 Å². The van der Waals surface area contributed by atoms with Crippen molar-refractivity contribution in [1.82, 2.24) is 14.9 Å². The molecular formula is C22H23N3O2. The summed E-state index contributed by atoms with van der Waals surface area (Å²) in [4.78, 5) is 33.9. The van der Waals surface area contributed by atoms with Crippen molar-refractivity contribution in [1.29, 1.82) is 0 Å². The highest BCUT2D eigenvalue weighted by Gasteiger charge is 2.17. The summed E-state index contributed by atoms with van der Waals surface area (Å²) >= 11 is 0. The van der Waals surface area contributed by atoms with Crippen molar-refractivity contribution >= 4 is 22.9 Å². The minimum Gasteiger partial charge on any atom is -0.329 e. The fourth-order valence-corrected chi connectivity index (χ4v) is 2.83. The predicted molar refractivity (Wildman–Crippen MR) is 108 cm³/mol. The molecule has 1 heterocycles. The monoisotopic (exact) mass is 361 g/mol. The first kappa shape index (κ1) is 18.6. The molecule has 27 heavy (non-hydrogen) atoms. The molecule has 0 fully saturated rings. The Bertz CT molecular complexity index is 1030. The highest BCUT2D eigenvalue weighted by molar-refractivity contribution is 5.92. The number of rotatable bonds is 5. The Morgan fingerprint density at radius 3 is 2.56 bits per heavy atom. The molecule has 0 atom stereocenters. The fourth-order valence-electron chi connectivity index (χ4n) is 2.83. The maximum atomic E-state index is 12.7. The molecule has 0 saturated heterocycles. The van der Waals surface area contributed by atoms with Gasteiger partial charge in [-0.2, -0.15) is 0 Å². The van der Waals surface area contributed by atoms with Crippen molar-refractivity contribution in [2.75, 3.05) is 0 Å². The van der Waals surface area contributed by atoms with Gasteiger partial charge in [0.2, 0.25) is 5.91 Å². The first-order valence-corrected chi connectivity index (χ1v) is 8.97.